The molecule has 0 amide bonds. The van der Waals surface area contributed by atoms with Crippen molar-refractivity contribution in [2.45, 2.75) is 12.6 Å². The zero-order chi connectivity index (χ0) is 16.9. The summed E-state index contributed by atoms with van der Waals surface area (Å²) in [5.74, 6) is -0.804. The number of aliphatic carboxylic acids is 1. The van der Waals surface area contributed by atoms with E-state index in [0.717, 1.165) is 19.6 Å². The second-order valence-electron chi connectivity index (χ2n) is 6.50. The smallest absolute Gasteiger partial charge is 0.317 e. The molecule has 1 N–H and O–H groups in total. The highest BCUT2D eigenvalue weighted by molar-refractivity contribution is 5.82. The summed E-state index contributed by atoms with van der Waals surface area (Å²) in [6, 6.07) is 15.0. The normalized spacial score (nSPS) is 19.0. The van der Waals surface area contributed by atoms with Crippen LogP contribution in [-0.2, 0) is 16.1 Å². The van der Waals surface area contributed by atoms with Gasteiger partial charge in [-0.25, -0.2) is 0 Å². The quantitative estimate of drug-likeness (QED) is 0.880. The molecule has 5 heteroatoms. The minimum absolute atomic E-state index is 0.0462. The molecule has 5 nitrogen and oxygen atoms in total. The lowest BCUT2D eigenvalue weighted by atomic mass is 10.1. The first-order valence-electron chi connectivity index (χ1n) is 8.32. The van der Waals surface area contributed by atoms with Gasteiger partial charge in [-0.05, 0) is 29.4 Å². The van der Waals surface area contributed by atoms with Gasteiger partial charge in [-0.3, -0.25) is 14.6 Å². The van der Waals surface area contributed by atoms with Crippen LogP contribution in [0.3, 0.4) is 0 Å². The number of carbonyl (C=O) groups is 1. The fraction of sp³-hybridized carbons (Fsp3) is 0.421. The molecule has 0 aromatic heterocycles. The third kappa shape index (κ3) is 4.54. The molecule has 1 aliphatic heterocycles. The van der Waals surface area contributed by atoms with E-state index in [2.05, 4.69) is 47.4 Å². The van der Waals surface area contributed by atoms with Crippen molar-refractivity contribution in [1.82, 2.24) is 9.80 Å². The molecular formula is C19H24N2O3. The van der Waals surface area contributed by atoms with Crippen molar-refractivity contribution in [3.63, 3.8) is 0 Å². The Labute approximate surface area is 142 Å². The lowest BCUT2D eigenvalue weighted by molar-refractivity contribution is -0.138. The highest BCUT2D eigenvalue weighted by Gasteiger charge is 2.22. The number of nitrogens with zero attached hydrogens (tertiary/aromatic N) is 2. The monoisotopic (exact) mass is 328 g/mol. The summed E-state index contributed by atoms with van der Waals surface area (Å²) < 4.78 is 5.79. The number of hydrogen-bond donors (Lipinski definition) is 1. The van der Waals surface area contributed by atoms with Crippen molar-refractivity contribution < 1.29 is 14.6 Å². The largest absolute Gasteiger partial charge is 0.480 e. The van der Waals surface area contributed by atoms with Crippen molar-refractivity contribution in [3.8, 4) is 0 Å². The second kappa shape index (κ2) is 7.75. The lowest BCUT2D eigenvalue weighted by Gasteiger charge is -2.34. The average molecular weight is 328 g/mol. The van der Waals surface area contributed by atoms with Crippen molar-refractivity contribution >= 4 is 16.7 Å². The van der Waals surface area contributed by atoms with Gasteiger partial charge in [-0.1, -0.05) is 36.4 Å². The van der Waals surface area contributed by atoms with Crippen LogP contribution in [-0.4, -0.2) is 66.8 Å². The molecule has 1 saturated heterocycles. The number of fused-ring (bicyclic) bond motifs is 1. The molecule has 1 heterocycles. The van der Waals surface area contributed by atoms with Crippen molar-refractivity contribution in [2.75, 3.05) is 39.8 Å². The molecule has 0 radical (unpaired) electrons. The molecule has 0 aliphatic carbocycles. The van der Waals surface area contributed by atoms with Crippen LogP contribution in [0.15, 0.2) is 42.5 Å². The number of hydrogen-bond acceptors (Lipinski definition) is 4. The number of benzene rings is 2. The van der Waals surface area contributed by atoms with Crippen LogP contribution in [0.4, 0.5) is 0 Å². The maximum atomic E-state index is 10.8. The highest BCUT2D eigenvalue weighted by Crippen LogP contribution is 2.18. The maximum absolute atomic E-state index is 10.8. The third-order valence-corrected chi connectivity index (χ3v) is 4.36. The first-order valence-corrected chi connectivity index (χ1v) is 8.32. The number of carboxylic acid groups (broad SMARTS) is 1. The Morgan fingerprint density at radius 3 is 2.88 bits per heavy atom. The van der Waals surface area contributed by atoms with Gasteiger partial charge in [-0.15, -0.1) is 0 Å². The molecule has 1 aliphatic rings. The van der Waals surface area contributed by atoms with Crippen LogP contribution in [0, 0.1) is 0 Å². The van der Waals surface area contributed by atoms with Gasteiger partial charge in [0.2, 0.25) is 0 Å². The van der Waals surface area contributed by atoms with Crippen LogP contribution < -0.4 is 0 Å². The second-order valence-corrected chi connectivity index (χ2v) is 6.50. The Bertz CT molecular complexity index is 704. The molecule has 1 fully saturated rings. The van der Waals surface area contributed by atoms with Gasteiger partial charge < -0.3 is 9.84 Å². The molecule has 24 heavy (non-hydrogen) atoms. The summed E-state index contributed by atoms with van der Waals surface area (Å²) in [5.41, 5.74) is 1.30. The van der Waals surface area contributed by atoms with Gasteiger partial charge in [0, 0.05) is 26.2 Å². The zero-order valence-corrected chi connectivity index (χ0v) is 14.0. The zero-order valence-electron chi connectivity index (χ0n) is 14.0. The predicted octanol–water partition coefficient (Wildman–Crippen LogP) is 2.06. The Balaban J connectivity index is 1.59. The standard InChI is InChI=1S/C19H24N2O3/c1-20(14-19(22)23)12-18-13-21(8-9-24-18)11-15-6-7-16-4-2-3-5-17(16)10-15/h2-7,10,18H,8-9,11-14H2,1H3,(H,22,23)/t18-/m1/s1. The van der Waals surface area contributed by atoms with E-state index in [1.54, 1.807) is 4.90 Å². The Kier molecular flexibility index (Phi) is 5.45. The summed E-state index contributed by atoms with van der Waals surface area (Å²) in [6.45, 7) is 4.01. The van der Waals surface area contributed by atoms with E-state index >= 15 is 0 Å². The van der Waals surface area contributed by atoms with Crippen molar-refractivity contribution in [2.24, 2.45) is 0 Å². The van der Waals surface area contributed by atoms with E-state index in [0.29, 0.717) is 13.2 Å². The van der Waals surface area contributed by atoms with Crippen LogP contribution in [0.5, 0.6) is 0 Å². The highest BCUT2D eigenvalue weighted by atomic mass is 16.5. The molecule has 2 aromatic rings. The maximum Gasteiger partial charge on any atom is 0.317 e. The summed E-state index contributed by atoms with van der Waals surface area (Å²) in [4.78, 5) is 15.0. The van der Waals surface area contributed by atoms with Gasteiger partial charge in [0.15, 0.2) is 0 Å². The van der Waals surface area contributed by atoms with Gasteiger partial charge in [-0.2, -0.15) is 0 Å². The number of morpholine rings is 1. The number of likely N-dealkylation sites (N-methyl/N-ethyl adjacent to an activating group) is 1. The Morgan fingerprint density at radius 2 is 2.08 bits per heavy atom. The van der Waals surface area contributed by atoms with Crippen LogP contribution in [0.25, 0.3) is 10.8 Å². The minimum atomic E-state index is -0.804. The van der Waals surface area contributed by atoms with Gasteiger partial charge in [0.25, 0.3) is 0 Å². The third-order valence-electron chi connectivity index (χ3n) is 4.36. The number of rotatable bonds is 6. The Morgan fingerprint density at radius 1 is 1.29 bits per heavy atom. The minimum Gasteiger partial charge on any atom is -0.480 e. The summed E-state index contributed by atoms with van der Waals surface area (Å²) in [5, 5.41) is 11.4. The predicted molar refractivity (Wildman–Crippen MR) is 94.1 cm³/mol. The number of ether oxygens (including phenoxy) is 1. The van der Waals surface area contributed by atoms with E-state index in [1.165, 1.54) is 16.3 Å². The molecule has 0 bridgehead atoms. The van der Waals surface area contributed by atoms with Gasteiger partial charge >= 0.3 is 5.97 Å². The van der Waals surface area contributed by atoms with Crippen LogP contribution in [0.1, 0.15) is 5.56 Å². The average Bonchev–Trinajstić information content (AvgIpc) is 2.54. The molecular weight excluding hydrogens is 304 g/mol. The van der Waals surface area contributed by atoms with Crippen molar-refractivity contribution in [1.29, 1.82) is 0 Å². The van der Waals surface area contributed by atoms with E-state index in [1.807, 2.05) is 7.05 Å². The Hall–Kier alpha value is -1.95. The van der Waals surface area contributed by atoms with Gasteiger partial charge in [0.1, 0.15) is 0 Å². The SMILES string of the molecule is CN(CC(=O)O)C[C@@H]1CN(Cc2ccc3ccccc3c2)CCO1. The van der Waals surface area contributed by atoms with E-state index in [-0.39, 0.29) is 12.6 Å². The summed E-state index contributed by atoms with van der Waals surface area (Å²) in [6.07, 6.45) is 0.0588. The topological polar surface area (TPSA) is 53.0 Å². The summed E-state index contributed by atoms with van der Waals surface area (Å²) >= 11 is 0. The first kappa shape index (κ1) is 16.9. The van der Waals surface area contributed by atoms with E-state index < -0.39 is 5.97 Å². The van der Waals surface area contributed by atoms with Crippen LogP contribution >= 0.6 is 0 Å². The van der Waals surface area contributed by atoms with Crippen LogP contribution in [0.2, 0.25) is 0 Å². The molecule has 0 unspecified atom stereocenters. The fourth-order valence-electron chi connectivity index (χ4n) is 3.27. The fourth-order valence-corrected chi connectivity index (χ4v) is 3.27. The first-order chi connectivity index (χ1) is 11.6. The lowest BCUT2D eigenvalue weighted by Crippen LogP contribution is -2.47. The van der Waals surface area contributed by atoms with E-state index in [4.69, 9.17) is 9.84 Å². The van der Waals surface area contributed by atoms with Gasteiger partial charge in [0.05, 0.1) is 19.3 Å². The molecule has 128 valence electrons. The molecule has 1 atom stereocenters. The van der Waals surface area contributed by atoms with Crippen molar-refractivity contribution in [3.05, 3.63) is 48.0 Å². The molecule has 3 rings (SSSR count). The van der Waals surface area contributed by atoms with E-state index in [9.17, 15) is 4.79 Å². The molecule has 0 saturated carbocycles. The summed E-state index contributed by atoms with van der Waals surface area (Å²) in [7, 11) is 1.82. The number of carboxylic acids is 1. The molecule has 2 aromatic carbocycles. The molecule has 0 spiro atoms.